The summed E-state index contributed by atoms with van der Waals surface area (Å²) in [6.07, 6.45) is 4.13. The molecule has 0 aliphatic carbocycles. The van der Waals surface area contributed by atoms with E-state index in [1.165, 1.54) is 92.8 Å². The van der Waals surface area contributed by atoms with Crippen LogP contribution >= 0.6 is 0 Å². The molecule has 0 saturated heterocycles. The van der Waals surface area contributed by atoms with E-state index in [2.05, 4.69) is 175 Å². The smallest absolute Gasteiger partial charge is 0.137 e. The van der Waals surface area contributed by atoms with Crippen LogP contribution in [0.15, 0.2) is 188 Å². The van der Waals surface area contributed by atoms with Crippen LogP contribution in [0.3, 0.4) is 0 Å². The van der Waals surface area contributed by atoms with Crippen LogP contribution in [-0.4, -0.2) is 9.38 Å². The van der Waals surface area contributed by atoms with Gasteiger partial charge in [-0.3, -0.25) is 0 Å². The van der Waals surface area contributed by atoms with Crippen LogP contribution < -0.4 is 0 Å². The van der Waals surface area contributed by atoms with E-state index in [0.29, 0.717) is 0 Å². The molecular weight excluding hydrogens is 653 g/mol. The molecule has 0 fully saturated rings. The van der Waals surface area contributed by atoms with Gasteiger partial charge in [0.1, 0.15) is 5.65 Å². The first-order valence-electron chi connectivity index (χ1n) is 18.6. The van der Waals surface area contributed by atoms with Gasteiger partial charge in [0.25, 0.3) is 0 Å². The normalized spacial score (nSPS) is 11.8. The van der Waals surface area contributed by atoms with Crippen molar-refractivity contribution in [2.45, 2.75) is 6.92 Å². The summed E-state index contributed by atoms with van der Waals surface area (Å²) in [5.41, 5.74) is 11.8. The lowest BCUT2D eigenvalue weighted by Gasteiger charge is -2.16. The van der Waals surface area contributed by atoms with Crippen LogP contribution in [0.4, 0.5) is 0 Å². The molecule has 0 aliphatic rings. The van der Waals surface area contributed by atoms with E-state index in [0.717, 1.165) is 16.9 Å². The minimum atomic E-state index is 0.957. The number of aromatic nitrogens is 2. The Labute approximate surface area is 313 Å². The van der Waals surface area contributed by atoms with Crippen molar-refractivity contribution in [3.63, 3.8) is 0 Å². The van der Waals surface area contributed by atoms with Gasteiger partial charge in [0.2, 0.25) is 0 Å². The highest BCUT2D eigenvalue weighted by Crippen LogP contribution is 2.41. The fraction of sp³-hybridized carbons (Fsp3) is 0.0192. The molecule has 0 saturated carbocycles. The molecule has 9 aromatic carbocycles. The van der Waals surface area contributed by atoms with Gasteiger partial charge in [-0.05, 0) is 130 Å². The zero-order valence-electron chi connectivity index (χ0n) is 29.8. The van der Waals surface area contributed by atoms with E-state index in [9.17, 15) is 0 Å². The Bertz CT molecular complexity index is 3240. The number of hydrogen-bond acceptors (Lipinski definition) is 1. The average molecular weight is 687 g/mol. The Morgan fingerprint density at radius 2 is 0.926 bits per heavy atom. The van der Waals surface area contributed by atoms with Crippen molar-refractivity contribution in [3.8, 4) is 44.6 Å². The number of pyridine rings is 1. The first-order chi connectivity index (χ1) is 26.6. The minimum absolute atomic E-state index is 0.957. The van der Waals surface area contributed by atoms with Gasteiger partial charge in [0.15, 0.2) is 0 Å². The quantitative estimate of drug-likeness (QED) is 0.168. The van der Waals surface area contributed by atoms with Crippen LogP contribution in [0.1, 0.15) is 5.56 Å². The van der Waals surface area contributed by atoms with Crippen LogP contribution in [0.2, 0.25) is 0 Å². The molecule has 11 aromatic rings. The number of aryl methyl sites for hydroxylation is 1. The average Bonchev–Trinajstić information content (AvgIpc) is 3.67. The number of hydrogen-bond donors (Lipinski definition) is 0. The van der Waals surface area contributed by atoms with Crippen molar-refractivity contribution < 1.29 is 0 Å². The van der Waals surface area contributed by atoms with Crippen LogP contribution in [0.25, 0.3) is 104 Å². The maximum atomic E-state index is 4.82. The molecule has 2 heterocycles. The summed E-state index contributed by atoms with van der Waals surface area (Å²) in [7, 11) is 0. The lowest BCUT2D eigenvalue weighted by molar-refractivity contribution is 1.19. The van der Waals surface area contributed by atoms with Gasteiger partial charge < -0.3 is 4.40 Å². The Hall–Kier alpha value is -7.03. The predicted octanol–water partition coefficient (Wildman–Crippen LogP) is 14.1. The summed E-state index contributed by atoms with van der Waals surface area (Å²) in [5.74, 6) is 0. The number of fused-ring (bicyclic) bond motifs is 8. The van der Waals surface area contributed by atoms with Crippen LogP contribution in [0.5, 0.6) is 0 Å². The summed E-state index contributed by atoms with van der Waals surface area (Å²) in [4.78, 5) is 4.82. The maximum Gasteiger partial charge on any atom is 0.137 e. The number of benzene rings is 9. The molecule has 0 N–H and O–H groups in total. The summed E-state index contributed by atoms with van der Waals surface area (Å²) >= 11 is 0. The number of rotatable bonds is 4. The molecule has 0 radical (unpaired) electrons. The van der Waals surface area contributed by atoms with E-state index in [4.69, 9.17) is 4.98 Å². The highest BCUT2D eigenvalue weighted by atomic mass is 15.0. The van der Waals surface area contributed by atoms with Gasteiger partial charge in [-0.2, -0.15) is 0 Å². The second-order valence-electron chi connectivity index (χ2n) is 14.5. The van der Waals surface area contributed by atoms with Gasteiger partial charge >= 0.3 is 0 Å². The first kappa shape index (κ1) is 30.6. The summed E-state index contributed by atoms with van der Waals surface area (Å²) in [6, 6.07) is 64.6. The third-order valence-corrected chi connectivity index (χ3v) is 11.3. The molecule has 252 valence electrons. The molecule has 0 unspecified atom stereocenters. The molecule has 0 bridgehead atoms. The lowest BCUT2D eigenvalue weighted by Crippen LogP contribution is -1.89. The zero-order chi connectivity index (χ0) is 35.8. The fourth-order valence-corrected chi connectivity index (χ4v) is 8.60. The molecule has 0 spiro atoms. The molecular formula is C52H34N2. The van der Waals surface area contributed by atoms with Crippen molar-refractivity contribution >= 4 is 59.5 Å². The Morgan fingerprint density at radius 1 is 0.389 bits per heavy atom. The predicted molar refractivity (Wildman–Crippen MR) is 229 cm³/mol. The Morgan fingerprint density at radius 3 is 1.65 bits per heavy atom. The molecule has 0 amide bonds. The van der Waals surface area contributed by atoms with Gasteiger partial charge in [-0.1, -0.05) is 146 Å². The van der Waals surface area contributed by atoms with E-state index in [1.807, 2.05) is 24.4 Å². The summed E-state index contributed by atoms with van der Waals surface area (Å²) in [6.45, 7) is 2.23. The monoisotopic (exact) mass is 686 g/mol. The number of imidazole rings is 1. The highest BCUT2D eigenvalue weighted by Gasteiger charge is 2.15. The molecule has 0 aliphatic heterocycles. The maximum absolute atomic E-state index is 4.82. The zero-order valence-corrected chi connectivity index (χ0v) is 29.8. The topological polar surface area (TPSA) is 17.3 Å². The molecule has 2 heteroatoms. The van der Waals surface area contributed by atoms with Crippen LogP contribution in [-0.2, 0) is 0 Å². The number of nitrogens with zero attached hydrogens (tertiary/aromatic N) is 2. The molecule has 2 nitrogen and oxygen atoms in total. The SMILES string of the molecule is Cc1cccc2ccc3cccc(-c4cccc5ccc6cc(-c7ccc(-c8ccc9cc(-c%10cn%11ccccc%11n%10)ccc9c8)cc7)ccc6c45)c3c12. The largest absolute Gasteiger partial charge is 0.306 e. The first-order valence-corrected chi connectivity index (χ1v) is 18.6. The lowest BCUT2D eigenvalue weighted by atomic mass is 9.88. The van der Waals surface area contributed by atoms with Gasteiger partial charge in [-0.15, -0.1) is 0 Å². The third kappa shape index (κ3) is 4.92. The summed E-state index contributed by atoms with van der Waals surface area (Å²) in [5, 5.41) is 12.7. The standard InChI is InChI=1S/C52H34N2/c1-33-7-4-8-36-18-19-38-10-6-12-47(52(38)50(33)36)46-11-5-9-37-20-24-43-30-40(26-27-45(43)51(37)46)35-16-14-34(15-17-35)39-21-22-42-31-44(25-23-41(42)29-39)48-32-54-28-3-2-13-49(54)53-48/h2-32H,1H3. The van der Waals surface area contributed by atoms with Crippen LogP contribution in [0, 0.1) is 6.92 Å². The molecule has 54 heavy (non-hydrogen) atoms. The fourth-order valence-electron chi connectivity index (χ4n) is 8.60. The van der Waals surface area contributed by atoms with E-state index in [-0.39, 0.29) is 0 Å². The summed E-state index contributed by atoms with van der Waals surface area (Å²) < 4.78 is 2.07. The van der Waals surface area contributed by atoms with E-state index in [1.54, 1.807) is 0 Å². The van der Waals surface area contributed by atoms with Gasteiger partial charge in [0.05, 0.1) is 5.69 Å². The van der Waals surface area contributed by atoms with Gasteiger partial charge in [-0.25, -0.2) is 4.98 Å². The molecule has 0 atom stereocenters. The van der Waals surface area contributed by atoms with Crippen molar-refractivity contribution in [2.24, 2.45) is 0 Å². The van der Waals surface area contributed by atoms with E-state index < -0.39 is 0 Å². The Balaban J connectivity index is 0.947. The van der Waals surface area contributed by atoms with Crippen molar-refractivity contribution in [2.75, 3.05) is 0 Å². The molecule has 2 aromatic heterocycles. The van der Waals surface area contributed by atoms with Gasteiger partial charge in [0, 0.05) is 18.0 Å². The second-order valence-corrected chi connectivity index (χ2v) is 14.5. The second kappa shape index (κ2) is 12.0. The molecule has 11 rings (SSSR count). The van der Waals surface area contributed by atoms with Crippen molar-refractivity contribution in [3.05, 3.63) is 194 Å². The Kier molecular flexibility index (Phi) is 6.80. The minimum Gasteiger partial charge on any atom is -0.306 e. The van der Waals surface area contributed by atoms with E-state index >= 15 is 0 Å². The highest BCUT2D eigenvalue weighted by molar-refractivity contribution is 6.21. The third-order valence-electron chi connectivity index (χ3n) is 11.3. The van der Waals surface area contributed by atoms with Crippen molar-refractivity contribution in [1.29, 1.82) is 0 Å². The van der Waals surface area contributed by atoms with Crippen molar-refractivity contribution in [1.82, 2.24) is 9.38 Å².